The second kappa shape index (κ2) is 16.6. The molecule has 0 saturated carbocycles. The molecule has 46 heavy (non-hydrogen) atoms. The molecule has 1 saturated heterocycles. The van der Waals surface area contributed by atoms with Gasteiger partial charge in [0.1, 0.15) is 17.7 Å². The van der Waals surface area contributed by atoms with Gasteiger partial charge in [-0.2, -0.15) is 0 Å². The molecule has 1 heterocycles. The van der Waals surface area contributed by atoms with E-state index in [0.717, 1.165) is 5.56 Å². The highest BCUT2D eigenvalue weighted by molar-refractivity contribution is 6.38. The molecule has 12 nitrogen and oxygen atoms in total. The summed E-state index contributed by atoms with van der Waals surface area (Å²) in [7, 11) is 0. The second-order valence-corrected chi connectivity index (χ2v) is 14.3. The summed E-state index contributed by atoms with van der Waals surface area (Å²) in [4.78, 5) is 80.3. The maximum Gasteiger partial charge on any atom is 0.408 e. The van der Waals surface area contributed by atoms with E-state index in [-0.39, 0.29) is 31.3 Å². The number of carbonyl (C=O) groups excluding carboxylic acids is 6. The number of hydrogen-bond acceptors (Lipinski definition) is 7. The summed E-state index contributed by atoms with van der Waals surface area (Å²) < 4.78 is 5.41. The zero-order chi connectivity index (χ0) is 34.8. The number of likely N-dealkylation sites (tertiary alicyclic amines) is 1. The van der Waals surface area contributed by atoms with Crippen molar-refractivity contribution in [3.8, 4) is 0 Å². The molecule has 2 rings (SSSR count). The molecule has 256 valence electrons. The van der Waals surface area contributed by atoms with Crippen LogP contribution in [0.2, 0.25) is 0 Å². The molecule has 0 aliphatic carbocycles. The van der Waals surface area contributed by atoms with Gasteiger partial charge in [-0.1, -0.05) is 78.3 Å². The van der Waals surface area contributed by atoms with Crippen molar-refractivity contribution in [1.29, 1.82) is 0 Å². The smallest absolute Gasteiger partial charge is 0.408 e. The Bertz CT molecular complexity index is 1240. The first-order chi connectivity index (χ1) is 21.4. The van der Waals surface area contributed by atoms with E-state index in [4.69, 9.17) is 4.74 Å². The summed E-state index contributed by atoms with van der Waals surface area (Å²) in [6.45, 7) is 16.5. The summed E-state index contributed by atoms with van der Waals surface area (Å²) in [5.41, 5.74) is -0.595. The quantitative estimate of drug-likeness (QED) is 0.240. The van der Waals surface area contributed by atoms with Crippen LogP contribution in [0.15, 0.2) is 30.3 Å². The summed E-state index contributed by atoms with van der Waals surface area (Å²) in [5, 5.41) is 10.5. The van der Waals surface area contributed by atoms with Gasteiger partial charge in [-0.15, -0.1) is 0 Å². The van der Waals surface area contributed by atoms with Crippen molar-refractivity contribution in [3.05, 3.63) is 35.9 Å². The molecule has 1 aliphatic rings. The average molecular weight is 644 g/mol. The average Bonchev–Trinajstić information content (AvgIpc) is 3.41. The minimum atomic E-state index is -1.14. The standard InChI is InChI=1S/C34H53N5O7/c1-10-14-24(27(41)30(43)36-20-25(40)35-19-22-15-12-11-13-16-22)37-29(42)26-23(21(2)3)17-18-39(26)31(44)28(33(4,5)6)38-32(45)46-34(7,8)9/h11-13,15-16,21,23-24,26,28H,10,14,17-20H2,1-9H3,(H,35,40)(H,36,43)(H,37,42)(H,38,45)/t23-,24?,26+,28?/m1/s1. The number of alkyl carbamates (subject to hydrolysis) is 1. The molecule has 0 bridgehead atoms. The molecule has 0 radical (unpaired) electrons. The Kier molecular flexibility index (Phi) is 13.8. The van der Waals surface area contributed by atoms with Crippen LogP contribution < -0.4 is 21.3 Å². The van der Waals surface area contributed by atoms with Gasteiger partial charge in [0.15, 0.2) is 0 Å². The van der Waals surface area contributed by atoms with E-state index in [9.17, 15) is 28.8 Å². The molecule has 4 N–H and O–H groups in total. The number of benzene rings is 1. The summed E-state index contributed by atoms with van der Waals surface area (Å²) in [6, 6.07) is 6.20. The highest BCUT2D eigenvalue weighted by Gasteiger charge is 2.48. The molecule has 0 aromatic heterocycles. The molecule has 1 aromatic rings. The number of nitrogens with one attached hydrogen (secondary N) is 4. The van der Waals surface area contributed by atoms with Gasteiger partial charge in [-0.25, -0.2) is 4.79 Å². The van der Waals surface area contributed by atoms with Gasteiger partial charge in [0.2, 0.25) is 23.5 Å². The van der Waals surface area contributed by atoms with E-state index in [0.29, 0.717) is 12.8 Å². The highest BCUT2D eigenvalue weighted by atomic mass is 16.6. The third-order valence-electron chi connectivity index (χ3n) is 7.80. The molecule has 1 aliphatic heterocycles. The lowest BCUT2D eigenvalue weighted by Crippen LogP contribution is -2.60. The van der Waals surface area contributed by atoms with Crippen LogP contribution in [0.1, 0.15) is 87.1 Å². The first kappa shape index (κ1) is 38.2. The van der Waals surface area contributed by atoms with Crippen LogP contribution in [0.4, 0.5) is 4.79 Å². The second-order valence-electron chi connectivity index (χ2n) is 14.3. The number of rotatable bonds is 13. The van der Waals surface area contributed by atoms with Crippen molar-refractivity contribution in [1.82, 2.24) is 26.2 Å². The zero-order valence-electron chi connectivity index (χ0n) is 28.8. The molecular weight excluding hydrogens is 590 g/mol. The fourth-order valence-electron chi connectivity index (χ4n) is 5.42. The van der Waals surface area contributed by atoms with Crippen molar-refractivity contribution in [2.24, 2.45) is 17.3 Å². The number of nitrogens with zero attached hydrogens (tertiary/aromatic N) is 1. The fourth-order valence-corrected chi connectivity index (χ4v) is 5.42. The van der Waals surface area contributed by atoms with E-state index in [1.165, 1.54) is 4.90 Å². The van der Waals surface area contributed by atoms with Crippen LogP contribution in [0.5, 0.6) is 0 Å². The van der Waals surface area contributed by atoms with Crippen LogP contribution in [-0.2, 0) is 35.3 Å². The van der Waals surface area contributed by atoms with Crippen LogP contribution in [-0.4, -0.2) is 77.2 Å². The van der Waals surface area contributed by atoms with Gasteiger partial charge in [0, 0.05) is 13.1 Å². The molecule has 12 heteroatoms. The van der Waals surface area contributed by atoms with E-state index in [1.54, 1.807) is 20.8 Å². The number of carbonyl (C=O) groups is 6. The topological polar surface area (TPSA) is 163 Å². The Morgan fingerprint density at radius 3 is 2.11 bits per heavy atom. The zero-order valence-corrected chi connectivity index (χ0v) is 28.8. The van der Waals surface area contributed by atoms with E-state index in [2.05, 4.69) is 21.3 Å². The SMILES string of the molecule is CCCC(NC(=O)[C@@H]1[C@@H](C(C)C)CCN1C(=O)C(NC(=O)OC(C)(C)C)C(C)(C)C)C(=O)C(=O)NCC(=O)NCc1ccccc1. The Hall–Kier alpha value is -3.96. The van der Waals surface area contributed by atoms with Gasteiger partial charge >= 0.3 is 6.09 Å². The minimum absolute atomic E-state index is 0.0264. The van der Waals surface area contributed by atoms with Crippen molar-refractivity contribution in [2.75, 3.05) is 13.1 Å². The number of amides is 5. The van der Waals surface area contributed by atoms with Gasteiger partial charge in [0.25, 0.3) is 5.91 Å². The van der Waals surface area contributed by atoms with Crippen LogP contribution in [0.25, 0.3) is 0 Å². The lowest BCUT2D eigenvalue weighted by Gasteiger charge is -2.37. The van der Waals surface area contributed by atoms with Gasteiger partial charge in [0.05, 0.1) is 12.6 Å². The Morgan fingerprint density at radius 1 is 0.935 bits per heavy atom. The normalized spacial score (nSPS) is 17.9. The molecule has 5 amide bonds. The predicted molar refractivity (Wildman–Crippen MR) is 174 cm³/mol. The third-order valence-corrected chi connectivity index (χ3v) is 7.80. The Balaban J connectivity index is 2.17. The number of ketones is 1. The third kappa shape index (κ3) is 11.4. The molecule has 1 aromatic carbocycles. The van der Waals surface area contributed by atoms with Gasteiger partial charge in [-0.05, 0) is 56.4 Å². The highest BCUT2D eigenvalue weighted by Crippen LogP contribution is 2.33. The molecule has 1 fully saturated rings. The minimum Gasteiger partial charge on any atom is -0.444 e. The van der Waals surface area contributed by atoms with E-state index in [1.807, 2.05) is 71.9 Å². The summed E-state index contributed by atoms with van der Waals surface area (Å²) in [5.74, 6) is -3.49. The fraction of sp³-hybridized carbons (Fsp3) is 0.647. The molecule has 0 spiro atoms. The Morgan fingerprint density at radius 2 is 1.57 bits per heavy atom. The predicted octanol–water partition coefficient (Wildman–Crippen LogP) is 3.09. The number of Topliss-reactive ketones (excluding diaryl/α,β-unsaturated/α-hetero) is 1. The van der Waals surface area contributed by atoms with Crippen LogP contribution >= 0.6 is 0 Å². The molecular formula is C34H53N5O7. The monoisotopic (exact) mass is 643 g/mol. The van der Waals surface area contributed by atoms with Crippen molar-refractivity contribution >= 4 is 35.5 Å². The summed E-state index contributed by atoms with van der Waals surface area (Å²) in [6.07, 6.45) is 0.495. The largest absolute Gasteiger partial charge is 0.444 e. The van der Waals surface area contributed by atoms with Crippen LogP contribution in [0.3, 0.4) is 0 Å². The lowest BCUT2D eigenvalue weighted by molar-refractivity contribution is -0.145. The van der Waals surface area contributed by atoms with E-state index >= 15 is 0 Å². The van der Waals surface area contributed by atoms with Crippen molar-refractivity contribution in [2.45, 2.75) is 112 Å². The maximum absolute atomic E-state index is 14.0. The Labute approximate surface area is 273 Å². The maximum atomic E-state index is 14.0. The van der Waals surface area contributed by atoms with Gasteiger partial charge < -0.3 is 30.9 Å². The first-order valence-corrected chi connectivity index (χ1v) is 16.1. The van der Waals surface area contributed by atoms with Crippen molar-refractivity contribution in [3.63, 3.8) is 0 Å². The summed E-state index contributed by atoms with van der Waals surface area (Å²) >= 11 is 0. The molecule has 2 unspecified atom stereocenters. The van der Waals surface area contributed by atoms with Gasteiger partial charge in [-0.3, -0.25) is 24.0 Å². The number of hydrogen-bond donors (Lipinski definition) is 4. The first-order valence-electron chi connectivity index (χ1n) is 16.1. The lowest BCUT2D eigenvalue weighted by atomic mass is 9.84. The molecule has 4 atom stereocenters. The number of ether oxygens (including phenoxy) is 1. The van der Waals surface area contributed by atoms with Crippen molar-refractivity contribution < 1.29 is 33.5 Å². The van der Waals surface area contributed by atoms with E-state index < -0.39 is 71.2 Å². The van der Waals surface area contributed by atoms with Crippen LogP contribution in [0, 0.1) is 17.3 Å².